The van der Waals surface area contributed by atoms with Crippen LogP contribution in [0.3, 0.4) is 0 Å². The van der Waals surface area contributed by atoms with E-state index < -0.39 is 53.8 Å². The molecule has 4 amide bonds. The Bertz CT molecular complexity index is 619. The van der Waals surface area contributed by atoms with E-state index in [1.807, 2.05) is 0 Å². The van der Waals surface area contributed by atoms with Gasteiger partial charge in [0.15, 0.2) is 0 Å². The molecule has 0 aromatic rings. The second kappa shape index (κ2) is 13.3. The third kappa shape index (κ3) is 9.85. The second-order valence-electron chi connectivity index (χ2n) is 6.67. The molecule has 0 rings (SSSR count). The van der Waals surface area contributed by atoms with Crippen LogP contribution in [0.15, 0.2) is 0 Å². The lowest BCUT2D eigenvalue weighted by molar-refractivity contribution is -0.142. The first-order chi connectivity index (χ1) is 13.4. The van der Waals surface area contributed by atoms with Gasteiger partial charge in [0.25, 0.3) is 0 Å². The zero-order valence-corrected chi connectivity index (χ0v) is 18.0. The van der Waals surface area contributed by atoms with Crippen LogP contribution in [-0.2, 0) is 24.0 Å². The van der Waals surface area contributed by atoms with Crippen LogP contribution in [0.25, 0.3) is 0 Å². The molecule has 0 saturated carbocycles. The van der Waals surface area contributed by atoms with Gasteiger partial charge in [0, 0.05) is 17.9 Å². The van der Waals surface area contributed by atoms with Crippen LogP contribution in [0, 0.1) is 5.92 Å². The standard InChI is InChI=1S/C16H29N5O6S2/c1-7(2)12(21-13(23)8(17)5-28)15(25)20-10(6-29)14(24)19-9(16(26)27)3-4-11(18)22/h7-10,12,28-29H,3-6,17H2,1-2H3,(H2,18,22)(H,19,24)(H,20,25)(H,21,23)(H,26,27). The number of rotatable bonds is 13. The van der Waals surface area contributed by atoms with Gasteiger partial charge in [-0.05, 0) is 12.3 Å². The van der Waals surface area contributed by atoms with Crippen LogP contribution in [-0.4, -0.2) is 70.4 Å². The summed E-state index contributed by atoms with van der Waals surface area (Å²) in [6.07, 6.45) is -0.433. The Kier molecular flexibility index (Phi) is 12.4. The molecule has 0 saturated heterocycles. The number of nitrogens with one attached hydrogen (secondary N) is 3. The number of thiol groups is 2. The minimum atomic E-state index is -1.36. The van der Waals surface area contributed by atoms with Crippen molar-refractivity contribution in [1.29, 1.82) is 0 Å². The first-order valence-corrected chi connectivity index (χ1v) is 10.1. The monoisotopic (exact) mass is 451 g/mol. The number of amides is 4. The molecule has 166 valence electrons. The zero-order valence-electron chi connectivity index (χ0n) is 16.3. The average molecular weight is 452 g/mol. The maximum Gasteiger partial charge on any atom is 0.326 e. The number of aliphatic carboxylic acids is 1. The van der Waals surface area contributed by atoms with E-state index in [2.05, 4.69) is 41.2 Å². The van der Waals surface area contributed by atoms with E-state index in [0.29, 0.717) is 0 Å². The van der Waals surface area contributed by atoms with Crippen molar-refractivity contribution in [3.63, 3.8) is 0 Å². The van der Waals surface area contributed by atoms with E-state index in [4.69, 9.17) is 16.6 Å². The summed E-state index contributed by atoms with van der Waals surface area (Å²) in [5, 5.41) is 16.3. The Morgan fingerprint density at radius 3 is 1.86 bits per heavy atom. The van der Waals surface area contributed by atoms with Gasteiger partial charge in [0.05, 0.1) is 6.04 Å². The van der Waals surface area contributed by atoms with Gasteiger partial charge in [0.1, 0.15) is 18.1 Å². The summed E-state index contributed by atoms with van der Waals surface area (Å²) in [6.45, 7) is 3.38. The van der Waals surface area contributed by atoms with Gasteiger partial charge in [0.2, 0.25) is 23.6 Å². The molecular formula is C16H29N5O6S2. The van der Waals surface area contributed by atoms with E-state index in [0.717, 1.165) is 0 Å². The molecule has 29 heavy (non-hydrogen) atoms. The number of hydrogen-bond acceptors (Lipinski definition) is 8. The molecule has 0 spiro atoms. The first-order valence-electron chi connectivity index (χ1n) is 8.84. The lowest BCUT2D eigenvalue weighted by Gasteiger charge is -2.26. The topological polar surface area (TPSA) is 194 Å². The number of carboxylic acid groups (broad SMARTS) is 1. The molecule has 0 aliphatic heterocycles. The molecule has 0 heterocycles. The fourth-order valence-corrected chi connectivity index (χ4v) is 2.57. The largest absolute Gasteiger partial charge is 0.480 e. The van der Waals surface area contributed by atoms with Gasteiger partial charge < -0.3 is 32.5 Å². The molecule has 0 aliphatic carbocycles. The summed E-state index contributed by atoms with van der Waals surface area (Å²) < 4.78 is 0. The third-order valence-corrected chi connectivity index (χ3v) is 4.65. The molecule has 11 nitrogen and oxygen atoms in total. The molecule has 0 radical (unpaired) electrons. The van der Waals surface area contributed by atoms with E-state index in [1.54, 1.807) is 13.8 Å². The average Bonchev–Trinajstić information content (AvgIpc) is 2.65. The van der Waals surface area contributed by atoms with Crippen molar-refractivity contribution >= 4 is 54.9 Å². The Morgan fingerprint density at radius 1 is 0.897 bits per heavy atom. The lowest BCUT2D eigenvalue weighted by atomic mass is 10.0. The summed E-state index contributed by atoms with van der Waals surface area (Å²) in [6, 6.07) is -4.41. The van der Waals surface area contributed by atoms with E-state index >= 15 is 0 Å². The molecule has 4 unspecified atom stereocenters. The normalized spacial score (nSPS) is 15.0. The van der Waals surface area contributed by atoms with Crippen LogP contribution in [0.1, 0.15) is 26.7 Å². The Labute approximate surface area is 179 Å². The van der Waals surface area contributed by atoms with Crippen molar-refractivity contribution in [3.05, 3.63) is 0 Å². The quantitative estimate of drug-likeness (QED) is 0.143. The number of carboxylic acids is 1. The lowest BCUT2D eigenvalue weighted by Crippen LogP contribution is -2.59. The maximum absolute atomic E-state index is 12.6. The second-order valence-corrected chi connectivity index (χ2v) is 7.40. The molecular weight excluding hydrogens is 422 g/mol. The van der Waals surface area contributed by atoms with Gasteiger partial charge in [-0.15, -0.1) is 0 Å². The van der Waals surface area contributed by atoms with Gasteiger partial charge in [-0.2, -0.15) is 25.3 Å². The molecule has 8 N–H and O–H groups in total. The predicted molar refractivity (Wildman–Crippen MR) is 112 cm³/mol. The van der Waals surface area contributed by atoms with Gasteiger partial charge in [-0.1, -0.05) is 13.8 Å². The number of carbonyl (C=O) groups excluding carboxylic acids is 4. The van der Waals surface area contributed by atoms with Crippen molar-refractivity contribution in [2.75, 3.05) is 11.5 Å². The van der Waals surface area contributed by atoms with Crippen LogP contribution in [0.2, 0.25) is 0 Å². The van der Waals surface area contributed by atoms with Gasteiger partial charge >= 0.3 is 5.97 Å². The molecule has 0 aromatic heterocycles. The SMILES string of the molecule is CC(C)C(NC(=O)C(N)CS)C(=O)NC(CS)C(=O)NC(CCC(N)=O)C(=O)O. The fraction of sp³-hybridized carbons (Fsp3) is 0.688. The smallest absolute Gasteiger partial charge is 0.326 e. The van der Waals surface area contributed by atoms with Gasteiger partial charge in [-0.25, -0.2) is 4.79 Å². The highest BCUT2D eigenvalue weighted by Gasteiger charge is 2.31. The van der Waals surface area contributed by atoms with Crippen molar-refractivity contribution in [1.82, 2.24) is 16.0 Å². The predicted octanol–water partition coefficient (Wildman–Crippen LogP) is -2.37. The van der Waals surface area contributed by atoms with Crippen LogP contribution >= 0.6 is 25.3 Å². The first kappa shape index (κ1) is 27.0. The van der Waals surface area contributed by atoms with Crippen LogP contribution in [0.4, 0.5) is 0 Å². The maximum atomic E-state index is 12.6. The highest BCUT2D eigenvalue weighted by Crippen LogP contribution is 2.05. The van der Waals surface area contributed by atoms with Crippen molar-refractivity contribution in [2.24, 2.45) is 17.4 Å². The van der Waals surface area contributed by atoms with E-state index in [9.17, 15) is 24.0 Å². The van der Waals surface area contributed by atoms with E-state index in [1.165, 1.54) is 0 Å². The molecule has 0 aromatic carbocycles. The Balaban J connectivity index is 5.12. The summed E-state index contributed by atoms with van der Waals surface area (Å²) in [7, 11) is 0. The minimum Gasteiger partial charge on any atom is -0.480 e. The third-order valence-electron chi connectivity index (χ3n) is 3.89. The Morgan fingerprint density at radius 2 is 1.45 bits per heavy atom. The van der Waals surface area contributed by atoms with E-state index in [-0.39, 0.29) is 30.3 Å². The molecule has 0 fully saturated rings. The molecule has 0 aliphatic rings. The number of primary amides is 1. The van der Waals surface area contributed by atoms with Crippen LogP contribution in [0.5, 0.6) is 0 Å². The molecule has 4 atom stereocenters. The number of nitrogens with two attached hydrogens (primary N) is 2. The fourth-order valence-electron chi connectivity index (χ4n) is 2.15. The van der Waals surface area contributed by atoms with Crippen molar-refractivity contribution < 1.29 is 29.1 Å². The summed E-state index contributed by atoms with van der Waals surface area (Å²) >= 11 is 7.94. The summed E-state index contributed by atoms with van der Waals surface area (Å²) in [4.78, 5) is 59.0. The molecule has 0 bridgehead atoms. The highest BCUT2D eigenvalue weighted by atomic mass is 32.1. The zero-order chi connectivity index (χ0) is 22.7. The van der Waals surface area contributed by atoms with Crippen molar-refractivity contribution in [2.45, 2.75) is 50.9 Å². The van der Waals surface area contributed by atoms with Crippen LogP contribution < -0.4 is 27.4 Å². The number of hydrogen-bond donors (Lipinski definition) is 8. The highest BCUT2D eigenvalue weighted by molar-refractivity contribution is 7.80. The molecule has 13 heteroatoms. The van der Waals surface area contributed by atoms with Crippen molar-refractivity contribution in [3.8, 4) is 0 Å². The minimum absolute atomic E-state index is 0.0851. The summed E-state index contributed by atoms with van der Waals surface area (Å²) in [5.74, 6) is -4.45. The number of carbonyl (C=O) groups is 5. The van der Waals surface area contributed by atoms with Gasteiger partial charge in [-0.3, -0.25) is 19.2 Å². The Hall–Kier alpha value is -1.99. The summed E-state index contributed by atoms with van der Waals surface area (Å²) in [5.41, 5.74) is 10.6.